The molecule has 0 bridgehead atoms. The number of rotatable bonds is 3. The average Bonchev–Trinajstić information content (AvgIpc) is 2.95. The van der Waals surface area contributed by atoms with Crippen LogP contribution in [0.4, 0.5) is 0 Å². The van der Waals surface area contributed by atoms with Gasteiger partial charge < -0.3 is 14.8 Å². The van der Waals surface area contributed by atoms with Gasteiger partial charge in [-0.25, -0.2) is 0 Å². The first-order valence-corrected chi connectivity index (χ1v) is 6.23. The van der Waals surface area contributed by atoms with Crippen LogP contribution in [-0.4, -0.2) is 36.3 Å². The topological polar surface area (TPSA) is 98.9 Å². The summed E-state index contributed by atoms with van der Waals surface area (Å²) in [6.07, 6.45) is 1.76. The Labute approximate surface area is 110 Å². The molecule has 0 fully saturated rings. The maximum absolute atomic E-state index is 5.93. The summed E-state index contributed by atoms with van der Waals surface area (Å²) < 4.78 is 7.29. The molecule has 1 aliphatic rings. The van der Waals surface area contributed by atoms with Crippen molar-refractivity contribution in [2.75, 3.05) is 6.54 Å². The number of hydrogen-bond donors (Lipinski definition) is 1. The van der Waals surface area contributed by atoms with Crippen molar-refractivity contribution in [3.63, 3.8) is 0 Å². The summed E-state index contributed by atoms with van der Waals surface area (Å²) in [7, 11) is 0. The van der Waals surface area contributed by atoms with Gasteiger partial charge in [-0.05, 0) is 13.8 Å². The molecule has 102 valence electrons. The molecule has 0 saturated carbocycles. The molecular weight excluding hydrogens is 246 g/mol. The Morgan fingerprint density at radius 2 is 2.26 bits per heavy atom. The highest BCUT2D eigenvalue weighted by Crippen LogP contribution is 2.15. The van der Waals surface area contributed by atoms with Crippen molar-refractivity contribution >= 4 is 0 Å². The first kappa shape index (κ1) is 12.2. The zero-order valence-electron chi connectivity index (χ0n) is 11.1. The Morgan fingerprint density at radius 1 is 1.42 bits per heavy atom. The Morgan fingerprint density at radius 3 is 3.00 bits per heavy atom. The van der Waals surface area contributed by atoms with Crippen molar-refractivity contribution < 1.29 is 4.52 Å². The van der Waals surface area contributed by atoms with Crippen LogP contribution < -0.4 is 5.73 Å². The van der Waals surface area contributed by atoms with E-state index in [2.05, 4.69) is 29.8 Å². The second-order valence-electron chi connectivity index (χ2n) is 5.38. The van der Waals surface area contributed by atoms with Crippen LogP contribution in [-0.2, 0) is 25.2 Å². The van der Waals surface area contributed by atoms with Crippen LogP contribution in [0, 0.1) is 0 Å². The molecule has 2 aromatic rings. The summed E-state index contributed by atoms with van der Waals surface area (Å²) in [5.74, 6) is 2.08. The third-order valence-corrected chi connectivity index (χ3v) is 3.12. The van der Waals surface area contributed by atoms with E-state index < -0.39 is 5.54 Å². The summed E-state index contributed by atoms with van der Waals surface area (Å²) in [5, 5.41) is 11.9. The van der Waals surface area contributed by atoms with Crippen LogP contribution in [0.25, 0.3) is 0 Å². The summed E-state index contributed by atoms with van der Waals surface area (Å²) in [4.78, 5) is 6.53. The van der Waals surface area contributed by atoms with E-state index in [0.29, 0.717) is 18.3 Å². The molecule has 0 aliphatic carbocycles. The van der Waals surface area contributed by atoms with Gasteiger partial charge in [-0.3, -0.25) is 4.90 Å². The highest BCUT2D eigenvalue weighted by molar-refractivity contribution is 4.99. The predicted molar refractivity (Wildman–Crippen MR) is 65.6 cm³/mol. The maximum Gasteiger partial charge on any atom is 0.240 e. The number of aromatic nitrogens is 5. The van der Waals surface area contributed by atoms with E-state index in [4.69, 9.17) is 10.3 Å². The minimum absolute atomic E-state index is 0.530. The van der Waals surface area contributed by atoms with E-state index in [1.165, 1.54) is 0 Å². The van der Waals surface area contributed by atoms with Gasteiger partial charge in [-0.2, -0.15) is 4.98 Å². The summed E-state index contributed by atoms with van der Waals surface area (Å²) in [5.41, 5.74) is 5.35. The standard InChI is InChI=1S/C11H17N7O/c1-11(2,12)10-14-9(19-16-10)6-17-3-4-18-7-13-15-8(18)5-17/h7H,3-6,12H2,1-2H3. The molecule has 0 radical (unpaired) electrons. The Balaban J connectivity index is 1.68. The molecule has 0 aromatic carbocycles. The van der Waals surface area contributed by atoms with Gasteiger partial charge in [0.05, 0.1) is 18.6 Å². The second-order valence-corrected chi connectivity index (χ2v) is 5.38. The molecule has 3 rings (SSSR count). The normalized spacial score (nSPS) is 16.6. The van der Waals surface area contributed by atoms with Crippen LogP contribution >= 0.6 is 0 Å². The van der Waals surface area contributed by atoms with Crippen molar-refractivity contribution in [1.82, 2.24) is 29.8 Å². The smallest absolute Gasteiger partial charge is 0.240 e. The van der Waals surface area contributed by atoms with Gasteiger partial charge in [0.25, 0.3) is 0 Å². The molecule has 8 nitrogen and oxygen atoms in total. The maximum atomic E-state index is 5.93. The minimum atomic E-state index is -0.580. The lowest BCUT2D eigenvalue weighted by atomic mass is 10.1. The molecule has 0 saturated heterocycles. The summed E-state index contributed by atoms with van der Waals surface area (Å²) >= 11 is 0. The van der Waals surface area contributed by atoms with E-state index in [1.54, 1.807) is 6.33 Å². The molecule has 19 heavy (non-hydrogen) atoms. The quantitative estimate of drug-likeness (QED) is 0.823. The highest BCUT2D eigenvalue weighted by atomic mass is 16.5. The fourth-order valence-electron chi connectivity index (χ4n) is 2.02. The molecule has 1 aliphatic heterocycles. The SMILES string of the molecule is CC(C)(N)c1noc(CN2CCn3cnnc3C2)n1. The van der Waals surface area contributed by atoms with Crippen LogP contribution in [0.5, 0.6) is 0 Å². The minimum Gasteiger partial charge on any atom is -0.338 e. The largest absolute Gasteiger partial charge is 0.338 e. The second kappa shape index (κ2) is 4.39. The molecule has 3 heterocycles. The van der Waals surface area contributed by atoms with Crippen molar-refractivity contribution in [2.45, 2.75) is 39.0 Å². The van der Waals surface area contributed by atoms with Crippen LogP contribution in [0.15, 0.2) is 10.9 Å². The molecule has 2 N–H and O–H groups in total. The van der Waals surface area contributed by atoms with Crippen molar-refractivity contribution in [2.24, 2.45) is 5.73 Å². The monoisotopic (exact) mass is 263 g/mol. The van der Waals surface area contributed by atoms with Crippen LogP contribution in [0.1, 0.15) is 31.4 Å². The molecule has 0 atom stereocenters. The first-order valence-electron chi connectivity index (χ1n) is 6.23. The fraction of sp³-hybridized carbons (Fsp3) is 0.636. The third-order valence-electron chi connectivity index (χ3n) is 3.12. The van der Waals surface area contributed by atoms with Gasteiger partial charge in [-0.15, -0.1) is 10.2 Å². The van der Waals surface area contributed by atoms with Crippen LogP contribution in [0.2, 0.25) is 0 Å². The van der Waals surface area contributed by atoms with Gasteiger partial charge in [-0.1, -0.05) is 5.16 Å². The average molecular weight is 263 g/mol. The predicted octanol–water partition coefficient (Wildman–Crippen LogP) is -0.129. The van der Waals surface area contributed by atoms with Gasteiger partial charge >= 0.3 is 0 Å². The fourth-order valence-corrected chi connectivity index (χ4v) is 2.02. The van der Waals surface area contributed by atoms with Gasteiger partial charge in [0.2, 0.25) is 5.89 Å². The lowest BCUT2D eigenvalue weighted by Crippen LogP contribution is -2.33. The van der Waals surface area contributed by atoms with E-state index in [1.807, 2.05) is 13.8 Å². The summed E-state index contributed by atoms with van der Waals surface area (Å²) in [6, 6.07) is 0. The first-order chi connectivity index (χ1) is 9.02. The summed E-state index contributed by atoms with van der Waals surface area (Å²) in [6.45, 7) is 6.84. The van der Waals surface area contributed by atoms with E-state index in [9.17, 15) is 0 Å². The number of hydrogen-bond acceptors (Lipinski definition) is 7. The molecule has 0 amide bonds. The highest BCUT2D eigenvalue weighted by Gasteiger charge is 2.24. The number of nitrogens with zero attached hydrogens (tertiary/aromatic N) is 6. The molecule has 0 spiro atoms. The van der Waals surface area contributed by atoms with Gasteiger partial charge in [0.15, 0.2) is 5.82 Å². The van der Waals surface area contributed by atoms with Crippen molar-refractivity contribution in [3.05, 3.63) is 23.9 Å². The molecule has 2 aromatic heterocycles. The third kappa shape index (κ3) is 2.49. The van der Waals surface area contributed by atoms with Crippen LogP contribution in [0.3, 0.4) is 0 Å². The van der Waals surface area contributed by atoms with E-state index >= 15 is 0 Å². The van der Waals surface area contributed by atoms with E-state index in [-0.39, 0.29) is 0 Å². The van der Waals surface area contributed by atoms with Gasteiger partial charge in [0.1, 0.15) is 12.2 Å². The van der Waals surface area contributed by atoms with E-state index in [0.717, 1.165) is 25.5 Å². The van der Waals surface area contributed by atoms with Gasteiger partial charge in [0, 0.05) is 13.1 Å². The lowest BCUT2D eigenvalue weighted by Gasteiger charge is -2.25. The molecule has 8 heteroatoms. The number of nitrogens with two attached hydrogens (primary N) is 1. The zero-order chi connectivity index (χ0) is 13.5. The van der Waals surface area contributed by atoms with Crippen molar-refractivity contribution in [1.29, 1.82) is 0 Å². The Bertz CT molecular complexity index is 568. The van der Waals surface area contributed by atoms with Crippen molar-refractivity contribution in [3.8, 4) is 0 Å². The zero-order valence-corrected chi connectivity index (χ0v) is 11.1. The Kier molecular flexibility index (Phi) is 2.83. The lowest BCUT2D eigenvalue weighted by molar-refractivity contribution is 0.183. The molecule has 0 unspecified atom stereocenters. The number of fused-ring (bicyclic) bond motifs is 1. The molecular formula is C11H17N7O. The Hall–Kier alpha value is -1.80.